The van der Waals surface area contributed by atoms with Gasteiger partial charge in [-0.3, -0.25) is 0 Å². The number of fused-ring (bicyclic) bond motifs is 14. The molecule has 27 aromatic rings. The molecule has 21 aromatic carbocycles. The van der Waals surface area contributed by atoms with Crippen molar-refractivity contribution in [2.75, 3.05) is 0 Å². The molecule has 27 rings (SSSR count). The van der Waals surface area contributed by atoms with E-state index in [2.05, 4.69) is 370 Å². The number of furan rings is 2. The molecule has 0 aliphatic carbocycles. The maximum absolute atomic E-state index is 7.09. The van der Waals surface area contributed by atoms with Gasteiger partial charge < -0.3 is 8.83 Å². The fourth-order valence-corrected chi connectivity index (χ4v) is 21.2. The maximum Gasteiger partial charge on any atom is 0.164 e. The second kappa shape index (κ2) is 32.4. The molecule has 0 aliphatic rings. The summed E-state index contributed by atoms with van der Waals surface area (Å²) in [5, 5.41) is 17.6. The molecule has 0 unspecified atom stereocenters. The van der Waals surface area contributed by atoms with Crippen molar-refractivity contribution in [1.82, 2.24) is 44.9 Å². The van der Waals surface area contributed by atoms with E-state index >= 15 is 0 Å². The molecule has 137 heavy (non-hydrogen) atoms. The molecule has 6 aromatic heterocycles. The maximum atomic E-state index is 7.09. The summed E-state index contributed by atoms with van der Waals surface area (Å²) in [6, 6.07) is 156. The van der Waals surface area contributed by atoms with Gasteiger partial charge in [-0.1, -0.05) is 352 Å². The molecule has 0 aliphatic heterocycles. The summed E-state index contributed by atoms with van der Waals surface area (Å²) in [5.74, 6) is 5.23. The van der Waals surface area contributed by atoms with E-state index in [4.69, 9.17) is 53.7 Å². The average molecular weight is 1770 g/mol. The van der Waals surface area contributed by atoms with E-state index in [9.17, 15) is 0 Å². The van der Waals surface area contributed by atoms with Gasteiger partial charge in [-0.05, 0) is 206 Å². The predicted octanol–water partition coefficient (Wildman–Crippen LogP) is 33.2. The number of aromatic nitrogens is 9. The van der Waals surface area contributed by atoms with Gasteiger partial charge in [-0.25, -0.2) is 44.9 Å². The molecular weight excluding hydrogens is 1690 g/mol. The van der Waals surface area contributed by atoms with Crippen molar-refractivity contribution in [3.63, 3.8) is 0 Å². The number of hydrogen-bond acceptors (Lipinski definition) is 12. The van der Waals surface area contributed by atoms with Crippen molar-refractivity contribution in [3.05, 3.63) is 443 Å². The fourth-order valence-electron chi connectivity index (χ4n) is 20.1. The minimum absolute atomic E-state index is 0.549. The molecule has 12 heteroatoms. The van der Waals surface area contributed by atoms with Crippen LogP contribution in [0.2, 0.25) is 0 Å². The number of benzene rings is 21. The highest BCUT2D eigenvalue weighted by molar-refractivity contribution is 7.26. The average Bonchev–Trinajstić information content (AvgIpc) is 1.61. The van der Waals surface area contributed by atoms with E-state index < -0.39 is 0 Å². The van der Waals surface area contributed by atoms with Crippen LogP contribution in [0.25, 0.3) is 287 Å². The molecule has 0 amide bonds. The summed E-state index contributed by atoms with van der Waals surface area (Å²) in [4.78, 5) is 47.5. The fraction of sp³-hybridized carbons (Fsp3) is 0. The van der Waals surface area contributed by atoms with Crippen molar-refractivity contribution in [1.29, 1.82) is 0 Å². The van der Waals surface area contributed by atoms with Crippen molar-refractivity contribution in [2.24, 2.45) is 0 Å². The summed E-state index contributed by atoms with van der Waals surface area (Å²) >= 11 is 1.82. The first kappa shape index (κ1) is 78.6. The molecule has 0 N–H and O–H groups in total. The molecule has 0 fully saturated rings. The molecule has 0 atom stereocenters. The lowest BCUT2D eigenvalue weighted by Crippen LogP contribution is -2.01. The quantitative estimate of drug-likeness (QED) is 0.0968. The molecule has 6 heterocycles. The van der Waals surface area contributed by atoms with Crippen LogP contribution in [0.5, 0.6) is 0 Å². The Hall–Kier alpha value is -18.2. The van der Waals surface area contributed by atoms with Gasteiger partial charge in [0.15, 0.2) is 52.4 Å². The highest BCUT2D eigenvalue weighted by atomic mass is 32.1. The number of thiophene rings is 1. The summed E-state index contributed by atoms with van der Waals surface area (Å²) in [5.41, 5.74) is 24.3. The van der Waals surface area contributed by atoms with Crippen molar-refractivity contribution in [3.8, 4) is 169 Å². The highest BCUT2D eigenvalue weighted by Crippen LogP contribution is 2.50. The molecule has 0 radical (unpaired) electrons. The van der Waals surface area contributed by atoms with Crippen LogP contribution in [-0.4, -0.2) is 44.9 Å². The Bertz CT molecular complexity index is 9600. The van der Waals surface area contributed by atoms with E-state index in [1.807, 2.05) is 84.1 Å². The van der Waals surface area contributed by atoms with E-state index in [-0.39, 0.29) is 0 Å². The van der Waals surface area contributed by atoms with Gasteiger partial charge in [-0.15, -0.1) is 11.3 Å². The number of rotatable bonds is 15. The van der Waals surface area contributed by atoms with Gasteiger partial charge >= 0.3 is 0 Å². The first-order valence-corrected chi connectivity index (χ1v) is 46.7. The topological polar surface area (TPSA) is 142 Å². The zero-order valence-corrected chi connectivity index (χ0v) is 74.2. The van der Waals surface area contributed by atoms with Crippen LogP contribution in [0, 0.1) is 0 Å². The minimum atomic E-state index is 0.549. The molecule has 11 nitrogen and oxygen atoms in total. The molecular formula is C125H73N9O2S. The highest BCUT2D eigenvalue weighted by Gasteiger charge is 2.26. The second-order valence-corrected chi connectivity index (χ2v) is 36.1. The van der Waals surface area contributed by atoms with E-state index in [1.54, 1.807) is 0 Å². The van der Waals surface area contributed by atoms with Gasteiger partial charge in [-0.2, -0.15) is 0 Å². The minimum Gasteiger partial charge on any atom is -0.456 e. The van der Waals surface area contributed by atoms with Crippen LogP contribution in [0.4, 0.5) is 0 Å². The first-order valence-electron chi connectivity index (χ1n) is 45.9. The summed E-state index contributed by atoms with van der Waals surface area (Å²) < 4.78 is 15.8. The number of nitrogens with zero attached hydrogens (tertiary/aromatic N) is 9. The SMILES string of the molecule is c1ccc(-c2ccc(-c3nc(-c4ccccc4)nc(-c4cccc(-c5cccc6cc7c(cc56)sc5ccc(-c6c8cccc(-c9ccc(-c%10nc(-c%11ccccc%11)nc(-c%11cccc(-c%12ccc(-c%13nc(-c%14ccccc%14)nc(-c%14cc(-c%15ccc%16cc%17oc%18ccccc%18c%17cc%16c%15)cc%15ccccc%14%15)n%13)cc%12)c%11)n%10)c%10ccccc9%10)c8cc8c6oc6ccccc68)cc57)c4)n3)cc2)cc1. The molecule has 0 saturated heterocycles. The third kappa shape index (κ3) is 13.9. The summed E-state index contributed by atoms with van der Waals surface area (Å²) in [6.45, 7) is 0. The van der Waals surface area contributed by atoms with Crippen LogP contribution in [0.15, 0.2) is 452 Å². The molecule has 636 valence electrons. The zero-order valence-electron chi connectivity index (χ0n) is 73.4. The number of para-hydroxylation sites is 2. The van der Waals surface area contributed by atoms with Gasteiger partial charge in [0, 0.05) is 97.4 Å². The number of hydrogen-bond donors (Lipinski definition) is 0. The third-order valence-corrected chi connectivity index (χ3v) is 27.9. The van der Waals surface area contributed by atoms with Crippen LogP contribution in [0.1, 0.15) is 0 Å². The Morgan fingerprint density at radius 2 is 0.547 bits per heavy atom. The Kier molecular flexibility index (Phi) is 18.6. The zero-order chi connectivity index (χ0) is 90.1. The van der Waals surface area contributed by atoms with Gasteiger partial charge in [0.2, 0.25) is 0 Å². The normalized spacial score (nSPS) is 11.8. The largest absolute Gasteiger partial charge is 0.456 e. The summed E-state index contributed by atoms with van der Waals surface area (Å²) in [7, 11) is 0. The van der Waals surface area contributed by atoms with Gasteiger partial charge in [0.1, 0.15) is 22.3 Å². The van der Waals surface area contributed by atoms with Crippen LogP contribution >= 0.6 is 11.3 Å². The van der Waals surface area contributed by atoms with Gasteiger partial charge in [0.25, 0.3) is 0 Å². The Balaban J connectivity index is 0.523. The lowest BCUT2D eigenvalue weighted by molar-refractivity contribution is 0.669. The van der Waals surface area contributed by atoms with E-state index in [1.165, 1.54) is 20.2 Å². The van der Waals surface area contributed by atoms with Crippen molar-refractivity contribution in [2.45, 2.75) is 0 Å². The molecule has 0 saturated carbocycles. The van der Waals surface area contributed by atoms with E-state index in [0.29, 0.717) is 52.4 Å². The standard InChI is InChI=1S/C125H73N9O2S/c1-5-25-74(26-6-1)75-49-53-80(54-50-75)120-126-117(77-27-7-2-8-28-77)128-122(130-120)90-38-22-35-86(65-90)93-44-23-36-87-67-107-106-68-88(59-62-113(106)137-114(107)73-103(87)93)115-101-46-24-45-97(104(101)72-108-100-43-18-20-48-111(100)136-116(108)115)98-60-61-102(96-41-16-15-40-95(96)98)124-131-119(79-31-11-4-12-32-79)129-123(134-124)89-37-21-34-82(63-89)76-51-55-81(56-52-76)121-127-118(78-29-9-3-10-30-78)132-125(133-121)109-70-92(66-85-33-13-14-39-94(85)109)83-57-58-84-71-112-105(69-91(84)64-83)99-42-17-19-47-110(99)135-112/h1-73H. The van der Waals surface area contributed by atoms with Crippen molar-refractivity contribution < 1.29 is 8.83 Å². The third-order valence-electron chi connectivity index (χ3n) is 26.8. The van der Waals surface area contributed by atoms with Gasteiger partial charge in [0.05, 0.1) is 0 Å². The Morgan fingerprint density at radius 1 is 0.146 bits per heavy atom. The lowest BCUT2D eigenvalue weighted by atomic mass is 9.88. The molecule has 0 bridgehead atoms. The monoisotopic (exact) mass is 1760 g/mol. The van der Waals surface area contributed by atoms with Crippen LogP contribution < -0.4 is 0 Å². The van der Waals surface area contributed by atoms with Crippen LogP contribution in [-0.2, 0) is 0 Å². The Morgan fingerprint density at radius 3 is 1.20 bits per heavy atom. The lowest BCUT2D eigenvalue weighted by Gasteiger charge is -2.16. The first-order chi connectivity index (χ1) is 67.8. The van der Waals surface area contributed by atoms with Crippen LogP contribution in [0.3, 0.4) is 0 Å². The van der Waals surface area contributed by atoms with Crippen molar-refractivity contribution >= 4 is 129 Å². The predicted molar refractivity (Wildman–Crippen MR) is 563 cm³/mol. The smallest absolute Gasteiger partial charge is 0.164 e. The summed E-state index contributed by atoms with van der Waals surface area (Å²) in [6.07, 6.45) is 0. The van der Waals surface area contributed by atoms with E-state index in [0.717, 1.165) is 215 Å². The Labute approximate surface area is 789 Å². The molecule has 0 spiro atoms. The second-order valence-electron chi connectivity index (χ2n) is 35.0.